The smallest absolute Gasteiger partial charge is 0.229 e. The zero-order valence-electron chi connectivity index (χ0n) is 13.1. The lowest BCUT2D eigenvalue weighted by Gasteiger charge is -2.14. The van der Waals surface area contributed by atoms with Crippen molar-refractivity contribution in [3.63, 3.8) is 0 Å². The number of carbonyl (C=O) groups is 1. The van der Waals surface area contributed by atoms with E-state index in [0.29, 0.717) is 17.8 Å². The molecule has 1 aromatic carbocycles. The first kappa shape index (κ1) is 16.7. The summed E-state index contributed by atoms with van der Waals surface area (Å²) in [6, 6.07) is 4.32. The molecule has 0 aliphatic rings. The lowest BCUT2D eigenvalue weighted by molar-refractivity contribution is -0.119. The van der Waals surface area contributed by atoms with Gasteiger partial charge in [-0.2, -0.15) is 5.10 Å². The molecule has 1 heterocycles. The van der Waals surface area contributed by atoms with Crippen molar-refractivity contribution in [1.82, 2.24) is 9.78 Å². The standard InChI is InChI=1S/C16H19BrFN3O/c1-9-7-13(18)5-6-14(9)19-16(22)10(2)8-21-12(4)15(17)11(3)20-21/h5-7,10H,8H2,1-4H3,(H,19,22)/t10-/m1/s1. The summed E-state index contributed by atoms with van der Waals surface area (Å²) < 4.78 is 15.9. The molecule has 1 atom stereocenters. The van der Waals surface area contributed by atoms with Gasteiger partial charge in [0.25, 0.3) is 0 Å². The third-order valence-corrected chi connectivity index (χ3v) is 4.78. The normalized spacial score (nSPS) is 12.3. The molecule has 0 aliphatic heterocycles. The van der Waals surface area contributed by atoms with Gasteiger partial charge in [-0.05, 0) is 60.5 Å². The van der Waals surface area contributed by atoms with Crippen LogP contribution in [-0.2, 0) is 11.3 Å². The number of nitrogens with zero attached hydrogens (tertiary/aromatic N) is 2. The van der Waals surface area contributed by atoms with E-state index in [1.54, 1.807) is 13.0 Å². The summed E-state index contributed by atoms with van der Waals surface area (Å²) in [6.07, 6.45) is 0. The highest BCUT2D eigenvalue weighted by Gasteiger charge is 2.18. The quantitative estimate of drug-likeness (QED) is 0.887. The lowest BCUT2D eigenvalue weighted by Crippen LogP contribution is -2.25. The van der Waals surface area contributed by atoms with E-state index in [4.69, 9.17) is 0 Å². The molecule has 0 saturated heterocycles. The maximum atomic E-state index is 13.1. The Morgan fingerprint density at radius 1 is 1.41 bits per heavy atom. The Bertz CT molecular complexity index is 712. The molecule has 0 radical (unpaired) electrons. The fourth-order valence-corrected chi connectivity index (χ4v) is 2.50. The molecule has 4 nitrogen and oxygen atoms in total. The van der Waals surface area contributed by atoms with Crippen molar-refractivity contribution in [2.45, 2.75) is 34.2 Å². The number of halogens is 2. The highest BCUT2D eigenvalue weighted by molar-refractivity contribution is 9.10. The molecule has 0 unspecified atom stereocenters. The molecular weight excluding hydrogens is 349 g/mol. The molecule has 0 fully saturated rings. The zero-order valence-corrected chi connectivity index (χ0v) is 14.7. The average Bonchev–Trinajstić information content (AvgIpc) is 2.69. The van der Waals surface area contributed by atoms with Crippen LogP contribution >= 0.6 is 15.9 Å². The summed E-state index contributed by atoms with van der Waals surface area (Å²) >= 11 is 3.48. The summed E-state index contributed by atoms with van der Waals surface area (Å²) in [6.45, 7) is 7.98. The zero-order chi connectivity index (χ0) is 16.4. The molecule has 1 aromatic heterocycles. The number of hydrogen-bond donors (Lipinski definition) is 1. The van der Waals surface area contributed by atoms with Crippen LogP contribution in [-0.4, -0.2) is 15.7 Å². The van der Waals surface area contributed by atoms with Crippen LogP contribution in [0.5, 0.6) is 0 Å². The van der Waals surface area contributed by atoms with Gasteiger partial charge in [0.2, 0.25) is 5.91 Å². The fraction of sp³-hybridized carbons (Fsp3) is 0.375. The number of hydrogen-bond acceptors (Lipinski definition) is 2. The average molecular weight is 368 g/mol. The monoisotopic (exact) mass is 367 g/mol. The molecule has 0 spiro atoms. The predicted molar refractivity (Wildman–Crippen MR) is 88.3 cm³/mol. The molecule has 1 N–H and O–H groups in total. The summed E-state index contributed by atoms with van der Waals surface area (Å²) in [5.41, 5.74) is 3.23. The molecule has 22 heavy (non-hydrogen) atoms. The van der Waals surface area contributed by atoms with Gasteiger partial charge in [0.05, 0.1) is 22.6 Å². The van der Waals surface area contributed by atoms with E-state index in [1.165, 1.54) is 12.1 Å². The number of amides is 1. The van der Waals surface area contributed by atoms with Crippen molar-refractivity contribution in [1.29, 1.82) is 0 Å². The van der Waals surface area contributed by atoms with E-state index in [9.17, 15) is 9.18 Å². The highest BCUT2D eigenvalue weighted by Crippen LogP contribution is 2.21. The molecule has 6 heteroatoms. The second-order valence-corrected chi connectivity index (χ2v) is 6.31. The lowest BCUT2D eigenvalue weighted by atomic mass is 10.1. The minimum atomic E-state index is -0.309. The minimum Gasteiger partial charge on any atom is -0.326 e. The van der Waals surface area contributed by atoms with Crippen molar-refractivity contribution in [3.05, 3.63) is 45.4 Å². The van der Waals surface area contributed by atoms with Gasteiger partial charge in [0, 0.05) is 11.4 Å². The summed E-state index contributed by atoms with van der Waals surface area (Å²) in [7, 11) is 0. The minimum absolute atomic E-state index is 0.113. The van der Waals surface area contributed by atoms with Crippen LogP contribution in [0.15, 0.2) is 22.7 Å². The van der Waals surface area contributed by atoms with Gasteiger partial charge >= 0.3 is 0 Å². The van der Waals surface area contributed by atoms with Gasteiger partial charge in [-0.1, -0.05) is 6.92 Å². The number of benzene rings is 1. The molecule has 0 aliphatic carbocycles. The van der Waals surface area contributed by atoms with Crippen LogP contribution in [0.25, 0.3) is 0 Å². The maximum Gasteiger partial charge on any atom is 0.229 e. The van der Waals surface area contributed by atoms with Crippen LogP contribution in [0.3, 0.4) is 0 Å². The first-order valence-corrected chi connectivity index (χ1v) is 7.85. The van der Waals surface area contributed by atoms with E-state index in [0.717, 1.165) is 15.9 Å². The van der Waals surface area contributed by atoms with Crippen molar-refractivity contribution in [2.24, 2.45) is 5.92 Å². The first-order valence-electron chi connectivity index (χ1n) is 7.06. The van der Waals surface area contributed by atoms with Crippen LogP contribution < -0.4 is 5.32 Å². The van der Waals surface area contributed by atoms with Crippen molar-refractivity contribution in [2.75, 3.05) is 5.32 Å². The fourth-order valence-electron chi connectivity index (χ4n) is 2.22. The maximum absolute atomic E-state index is 13.1. The number of rotatable bonds is 4. The Hall–Kier alpha value is -1.69. The van der Waals surface area contributed by atoms with Crippen LogP contribution in [0.4, 0.5) is 10.1 Å². The molecule has 1 amide bonds. The third-order valence-electron chi connectivity index (χ3n) is 3.63. The summed E-state index contributed by atoms with van der Waals surface area (Å²) in [5.74, 6) is -0.677. The molecule has 0 bridgehead atoms. The van der Waals surface area contributed by atoms with Crippen molar-refractivity contribution in [3.8, 4) is 0 Å². The number of nitrogens with one attached hydrogen (secondary N) is 1. The Morgan fingerprint density at radius 2 is 2.09 bits per heavy atom. The first-order chi connectivity index (χ1) is 10.3. The number of carbonyl (C=O) groups excluding carboxylic acids is 1. The molecule has 118 valence electrons. The molecular formula is C16H19BrFN3O. The molecule has 2 aromatic rings. The topological polar surface area (TPSA) is 46.9 Å². The highest BCUT2D eigenvalue weighted by atomic mass is 79.9. The molecule has 2 rings (SSSR count). The Morgan fingerprint density at radius 3 is 2.64 bits per heavy atom. The third kappa shape index (κ3) is 3.55. The van der Waals surface area contributed by atoms with Crippen LogP contribution in [0.1, 0.15) is 23.9 Å². The summed E-state index contributed by atoms with van der Waals surface area (Å²) in [4.78, 5) is 12.3. The van der Waals surface area contributed by atoms with E-state index in [2.05, 4.69) is 26.3 Å². The number of anilines is 1. The second-order valence-electron chi connectivity index (χ2n) is 5.52. The predicted octanol–water partition coefficient (Wildman–Crippen LogP) is 3.98. The second kappa shape index (κ2) is 6.60. The van der Waals surface area contributed by atoms with Gasteiger partial charge < -0.3 is 5.32 Å². The van der Waals surface area contributed by atoms with Gasteiger partial charge in [-0.3, -0.25) is 9.48 Å². The van der Waals surface area contributed by atoms with Gasteiger partial charge in [-0.25, -0.2) is 4.39 Å². The van der Waals surface area contributed by atoms with E-state index in [1.807, 2.05) is 25.5 Å². The SMILES string of the molecule is Cc1cc(F)ccc1NC(=O)[C@H](C)Cn1nc(C)c(Br)c1C. The summed E-state index contributed by atoms with van der Waals surface area (Å²) in [5, 5.41) is 7.25. The van der Waals surface area contributed by atoms with E-state index >= 15 is 0 Å². The van der Waals surface area contributed by atoms with Crippen LogP contribution in [0, 0.1) is 32.5 Å². The van der Waals surface area contributed by atoms with Crippen molar-refractivity contribution >= 4 is 27.5 Å². The Kier molecular flexibility index (Phi) is 5.01. The van der Waals surface area contributed by atoms with Crippen LogP contribution in [0.2, 0.25) is 0 Å². The largest absolute Gasteiger partial charge is 0.326 e. The van der Waals surface area contributed by atoms with E-state index in [-0.39, 0.29) is 17.6 Å². The Labute approximate surface area is 137 Å². The van der Waals surface area contributed by atoms with Gasteiger partial charge in [0.1, 0.15) is 5.82 Å². The number of aromatic nitrogens is 2. The van der Waals surface area contributed by atoms with E-state index < -0.39 is 0 Å². The van der Waals surface area contributed by atoms with Crippen molar-refractivity contribution < 1.29 is 9.18 Å². The van der Waals surface area contributed by atoms with Gasteiger partial charge in [-0.15, -0.1) is 0 Å². The van der Waals surface area contributed by atoms with Gasteiger partial charge in [0.15, 0.2) is 0 Å². The number of aryl methyl sites for hydroxylation is 2. The Balaban J connectivity index is 2.07. The molecule has 0 saturated carbocycles.